The molecule has 3 nitrogen and oxygen atoms in total. The first kappa shape index (κ1) is 16.6. The van der Waals surface area contributed by atoms with Crippen molar-refractivity contribution in [3.05, 3.63) is 16.1 Å². The molecular formula is C15H29N3S. The second-order valence-electron chi connectivity index (χ2n) is 7.57. The number of nitrogens with zero attached hydrogens (tertiary/aromatic N) is 2. The molecule has 0 radical (unpaired) electrons. The smallest absolute Gasteiger partial charge is 0.107 e. The average molecular weight is 283 g/mol. The summed E-state index contributed by atoms with van der Waals surface area (Å²) in [6.45, 7) is 16.2. The van der Waals surface area contributed by atoms with E-state index in [1.54, 1.807) is 11.3 Å². The van der Waals surface area contributed by atoms with Crippen LogP contribution in [0.5, 0.6) is 0 Å². The van der Waals surface area contributed by atoms with Gasteiger partial charge in [0.1, 0.15) is 5.01 Å². The normalized spacial score (nSPS) is 13.3. The molecule has 0 fully saturated rings. The highest BCUT2D eigenvalue weighted by Gasteiger charge is 2.15. The zero-order valence-corrected chi connectivity index (χ0v) is 14.3. The van der Waals surface area contributed by atoms with E-state index in [0.717, 1.165) is 19.6 Å². The second kappa shape index (κ2) is 6.33. The Bertz CT molecular complexity index is 385. The van der Waals surface area contributed by atoms with Crippen LogP contribution in [0.2, 0.25) is 0 Å². The van der Waals surface area contributed by atoms with E-state index >= 15 is 0 Å². The van der Waals surface area contributed by atoms with Crippen LogP contribution in [0.1, 0.15) is 52.2 Å². The fourth-order valence-electron chi connectivity index (χ4n) is 1.99. The number of rotatable bonds is 5. The highest BCUT2D eigenvalue weighted by molar-refractivity contribution is 7.09. The highest BCUT2D eigenvalue weighted by Crippen LogP contribution is 2.17. The largest absolute Gasteiger partial charge is 0.306 e. The summed E-state index contributed by atoms with van der Waals surface area (Å²) in [5, 5.41) is 6.83. The zero-order chi connectivity index (χ0) is 14.7. The Morgan fingerprint density at radius 1 is 1.21 bits per heavy atom. The zero-order valence-electron chi connectivity index (χ0n) is 13.5. The summed E-state index contributed by atoms with van der Waals surface area (Å²) in [6, 6.07) is 0. The molecule has 0 aromatic carbocycles. The molecule has 1 aromatic rings. The standard InChI is InChI=1S/C15H29N3S/c1-14(2,3)11-18(7)9-12-10-19-13(17-12)8-16-15(4,5)6/h10,16H,8-9,11H2,1-7H3. The Kier molecular flexibility index (Phi) is 5.53. The van der Waals surface area contributed by atoms with Crippen molar-refractivity contribution in [2.75, 3.05) is 13.6 Å². The minimum atomic E-state index is 0.148. The van der Waals surface area contributed by atoms with Crippen LogP contribution in [0.15, 0.2) is 5.38 Å². The summed E-state index contributed by atoms with van der Waals surface area (Å²) in [6.07, 6.45) is 0. The van der Waals surface area contributed by atoms with E-state index in [1.807, 2.05) is 0 Å². The molecule has 0 bridgehead atoms. The predicted octanol–water partition coefficient (Wildman–Crippen LogP) is 3.51. The van der Waals surface area contributed by atoms with Gasteiger partial charge in [-0.15, -0.1) is 11.3 Å². The third kappa shape index (κ3) is 7.65. The van der Waals surface area contributed by atoms with Gasteiger partial charge in [0.15, 0.2) is 0 Å². The van der Waals surface area contributed by atoms with Crippen LogP contribution >= 0.6 is 11.3 Å². The molecule has 110 valence electrons. The first-order valence-corrected chi connectivity index (χ1v) is 7.80. The van der Waals surface area contributed by atoms with Gasteiger partial charge < -0.3 is 5.32 Å². The van der Waals surface area contributed by atoms with Crippen LogP contribution < -0.4 is 5.32 Å². The first-order valence-electron chi connectivity index (χ1n) is 6.92. The van der Waals surface area contributed by atoms with Crippen molar-refractivity contribution in [1.82, 2.24) is 15.2 Å². The van der Waals surface area contributed by atoms with Crippen LogP contribution in [0.3, 0.4) is 0 Å². The number of hydrogen-bond donors (Lipinski definition) is 1. The molecular weight excluding hydrogens is 254 g/mol. The van der Waals surface area contributed by atoms with Gasteiger partial charge in [-0.25, -0.2) is 4.98 Å². The van der Waals surface area contributed by atoms with Crippen LogP contribution in [-0.4, -0.2) is 29.0 Å². The molecule has 0 aliphatic carbocycles. The minimum Gasteiger partial charge on any atom is -0.306 e. The summed E-state index contributed by atoms with van der Waals surface area (Å²) in [5.41, 5.74) is 1.67. The SMILES string of the molecule is CN(Cc1csc(CNC(C)(C)C)n1)CC(C)(C)C. The van der Waals surface area contributed by atoms with Crippen molar-refractivity contribution in [3.63, 3.8) is 0 Å². The van der Waals surface area contributed by atoms with Gasteiger partial charge in [-0.1, -0.05) is 20.8 Å². The van der Waals surface area contributed by atoms with E-state index < -0.39 is 0 Å². The van der Waals surface area contributed by atoms with E-state index in [2.05, 4.69) is 64.2 Å². The monoisotopic (exact) mass is 283 g/mol. The molecule has 0 aliphatic heterocycles. The lowest BCUT2D eigenvalue weighted by molar-refractivity contribution is 0.219. The summed E-state index contributed by atoms with van der Waals surface area (Å²) in [7, 11) is 2.16. The average Bonchev–Trinajstić information content (AvgIpc) is 2.58. The number of nitrogens with one attached hydrogen (secondary N) is 1. The molecule has 0 spiro atoms. The van der Waals surface area contributed by atoms with Crippen molar-refractivity contribution in [2.24, 2.45) is 5.41 Å². The highest BCUT2D eigenvalue weighted by atomic mass is 32.1. The molecule has 1 N–H and O–H groups in total. The molecule has 1 rings (SSSR count). The van der Waals surface area contributed by atoms with Gasteiger partial charge in [0.05, 0.1) is 5.69 Å². The third-order valence-corrected chi connectivity index (χ3v) is 3.44. The molecule has 1 heterocycles. The van der Waals surface area contributed by atoms with Crippen molar-refractivity contribution in [3.8, 4) is 0 Å². The lowest BCUT2D eigenvalue weighted by atomic mass is 9.96. The lowest BCUT2D eigenvalue weighted by Crippen LogP contribution is -2.35. The van der Waals surface area contributed by atoms with Gasteiger partial charge in [-0.05, 0) is 33.2 Å². The lowest BCUT2D eigenvalue weighted by Gasteiger charge is -2.25. The van der Waals surface area contributed by atoms with Crippen LogP contribution in [0.4, 0.5) is 0 Å². The molecule has 0 saturated heterocycles. The molecule has 0 atom stereocenters. The predicted molar refractivity (Wildman–Crippen MR) is 84.5 cm³/mol. The molecule has 1 aromatic heterocycles. The van der Waals surface area contributed by atoms with Crippen molar-refractivity contribution < 1.29 is 0 Å². The van der Waals surface area contributed by atoms with E-state index in [-0.39, 0.29) is 5.54 Å². The maximum Gasteiger partial charge on any atom is 0.107 e. The molecule has 0 saturated carbocycles. The van der Waals surface area contributed by atoms with Crippen LogP contribution in [0, 0.1) is 5.41 Å². The summed E-state index contributed by atoms with van der Waals surface area (Å²) in [4.78, 5) is 7.04. The van der Waals surface area contributed by atoms with Gasteiger partial charge in [0, 0.05) is 30.6 Å². The van der Waals surface area contributed by atoms with E-state index in [1.165, 1.54) is 10.7 Å². The minimum absolute atomic E-state index is 0.148. The Balaban J connectivity index is 2.46. The second-order valence-corrected chi connectivity index (χ2v) is 8.51. The molecule has 0 aliphatic rings. The third-order valence-electron chi connectivity index (χ3n) is 2.55. The number of thiazole rings is 1. The number of aromatic nitrogens is 1. The van der Waals surface area contributed by atoms with Crippen molar-refractivity contribution >= 4 is 11.3 Å². The summed E-state index contributed by atoms with van der Waals surface area (Å²) >= 11 is 1.75. The fraction of sp³-hybridized carbons (Fsp3) is 0.800. The Hall–Kier alpha value is -0.450. The molecule has 0 unspecified atom stereocenters. The topological polar surface area (TPSA) is 28.2 Å². The van der Waals surface area contributed by atoms with E-state index in [4.69, 9.17) is 4.98 Å². The van der Waals surface area contributed by atoms with Crippen LogP contribution in [-0.2, 0) is 13.1 Å². The van der Waals surface area contributed by atoms with Gasteiger partial charge in [0.2, 0.25) is 0 Å². The Morgan fingerprint density at radius 2 is 1.84 bits per heavy atom. The summed E-state index contributed by atoms with van der Waals surface area (Å²) < 4.78 is 0. The maximum atomic E-state index is 4.70. The van der Waals surface area contributed by atoms with E-state index in [9.17, 15) is 0 Å². The van der Waals surface area contributed by atoms with Gasteiger partial charge in [0.25, 0.3) is 0 Å². The van der Waals surface area contributed by atoms with Gasteiger partial charge in [-0.3, -0.25) is 4.90 Å². The fourth-order valence-corrected chi connectivity index (χ4v) is 2.71. The van der Waals surface area contributed by atoms with Crippen molar-refractivity contribution in [2.45, 2.75) is 60.2 Å². The quantitative estimate of drug-likeness (QED) is 0.896. The maximum absolute atomic E-state index is 4.70. The first-order chi connectivity index (χ1) is 8.55. The van der Waals surface area contributed by atoms with E-state index in [0.29, 0.717) is 5.41 Å². The van der Waals surface area contributed by atoms with Crippen LogP contribution in [0.25, 0.3) is 0 Å². The van der Waals surface area contributed by atoms with Gasteiger partial charge >= 0.3 is 0 Å². The number of hydrogen-bond acceptors (Lipinski definition) is 4. The Morgan fingerprint density at radius 3 is 2.37 bits per heavy atom. The van der Waals surface area contributed by atoms with Gasteiger partial charge in [-0.2, -0.15) is 0 Å². The molecule has 19 heavy (non-hydrogen) atoms. The summed E-state index contributed by atoms with van der Waals surface area (Å²) in [5.74, 6) is 0. The Labute approximate surface area is 122 Å². The molecule has 0 amide bonds. The molecule has 4 heteroatoms. The van der Waals surface area contributed by atoms with Crippen molar-refractivity contribution in [1.29, 1.82) is 0 Å².